The molecule has 1 atom stereocenters. The Kier molecular flexibility index (Phi) is 11.8. The molecule has 2 rings (SSSR count). The third-order valence-corrected chi connectivity index (χ3v) is 5.03. The maximum Gasteiger partial charge on any atom is 0.191 e. The summed E-state index contributed by atoms with van der Waals surface area (Å²) in [6.07, 6.45) is 3.54. The minimum atomic E-state index is 0. The average Bonchev–Trinajstić information content (AvgIpc) is 3.51. The van der Waals surface area contributed by atoms with E-state index in [-0.39, 0.29) is 24.0 Å². The number of benzene rings is 1. The number of guanidine groups is 1. The SMILES string of the molecule is CN=C(NCc1ccc(C)cc1OCCCOC)NCC(C)N(C)C1CC1.I. The Bertz CT molecular complexity index is 608. The monoisotopic (exact) mass is 504 g/mol. The van der Waals surface area contributed by atoms with E-state index in [1.54, 1.807) is 7.11 Å². The molecule has 7 heteroatoms. The summed E-state index contributed by atoms with van der Waals surface area (Å²) in [5.41, 5.74) is 2.32. The summed E-state index contributed by atoms with van der Waals surface area (Å²) >= 11 is 0. The van der Waals surface area contributed by atoms with E-state index >= 15 is 0 Å². The van der Waals surface area contributed by atoms with Crippen molar-refractivity contribution in [3.05, 3.63) is 29.3 Å². The Morgan fingerprint density at radius 3 is 2.68 bits per heavy atom. The second kappa shape index (κ2) is 13.2. The van der Waals surface area contributed by atoms with E-state index in [0.29, 0.717) is 25.8 Å². The molecule has 1 aliphatic carbocycles. The number of nitrogens with one attached hydrogen (secondary N) is 2. The lowest BCUT2D eigenvalue weighted by molar-refractivity contribution is 0.171. The van der Waals surface area contributed by atoms with Gasteiger partial charge >= 0.3 is 0 Å². The normalized spacial score (nSPS) is 15.1. The zero-order valence-electron chi connectivity index (χ0n) is 18.0. The van der Waals surface area contributed by atoms with Crippen LogP contribution in [0.4, 0.5) is 0 Å². The Hall–Kier alpha value is -1.06. The van der Waals surface area contributed by atoms with Gasteiger partial charge in [0.1, 0.15) is 5.75 Å². The Labute approximate surface area is 187 Å². The van der Waals surface area contributed by atoms with Gasteiger partial charge in [0, 0.05) is 57.9 Å². The topological polar surface area (TPSA) is 58.1 Å². The highest BCUT2D eigenvalue weighted by Gasteiger charge is 2.28. The molecule has 28 heavy (non-hydrogen) atoms. The first-order valence-electron chi connectivity index (χ1n) is 9.92. The zero-order valence-corrected chi connectivity index (χ0v) is 20.3. The Balaban J connectivity index is 0.00000392. The lowest BCUT2D eigenvalue weighted by Crippen LogP contribution is -2.45. The van der Waals surface area contributed by atoms with Gasteiger partial charge in [0.25, 0.3) is 0 Å². The first-order valence-corrected chi connectivity index (χ1v) is 9.92. The number of hydrogen-bond donors (Lipinski definition) is 2. The fourth-order valence-corrected chi connectivity index (χ4v) is 2.96. The lowest BCUT2D eigenvalue weighted by Gasteiger charge is -2.25. The van der Waals surface area contributed by atoms with Gasteiger partial charge in [-0.05, 0) is 45.4 Å². The molecule has 1 aliphatic rings. The van der Waals surface area contributed by atoms with Crippen molar-refractivity contribution in [1.29, 1.82) is 0 Å². The number of rotatable bonds is 11. The zero-order chi connectivity index (χ0) is 19.6. The fourth-order valence-electron chi connectivity index (χ4n) is 2.96. The highest BCUT2D eigenvalue weighted by Crippen LogP contribution is 2.26. The number of likely N-dealkylation sites (N-methyl/N-ethyl adjacent to an activating group) is 1. The van der Waals surface area contributed by atoms with Crippen molar-refractivity contribution in [1.82, 2.24) is 15.5 Å². The predicted molar refractivity (Wildman–Crippen MR) is 127 cm³/mol. The van der Waals surface area contributed by atoms with E-state index in [9.17, 15) is 0 Å². The summed E-state index contributed by atoms with van der Waals surface area (Å²) in [5.74, 6) is 1.74. The maximum atomic E-state index is 5.96. The number of ether oxygens (including phenoxy) is 2. The number of methoxy groups -OCH3 is 1. The number of nitrogens with zero attached hydrogens (tertiary/aromatic N) is 2. The molecule has 0 amide bonds. The van der Waals surface area contributed by atoms with Gasteiger partial charge in [0.15, 0.2) is 5.96 Å². The van der Waals surface area contributed by atoms with E-state index in [1.165, 1.54) is 18.4 Å². The van der Waals surface area contributed by atoms with Crippen LogP contribution in [0.15, 0.2) is 23.2 Å². The lowest BCUT2D eigenvalue weighted by atomic mass is 10.1. The molecule has 1 aromatic carbocycles. The first-order chi connectivity index (χ1) is 13.0. The number of aryl methyl sites for hydroxylation is 1. The quantitative estimate of drug-likeness (QED) is 0.210. The second-order valence-electron chi connectivity index (χ2n) is 7.36. The van der Waals surface area contributed by atoms with Gasteiger partial charge < -0.3 is 20.1 Å². The van der Waals surface area contributed by atoms with Crippen LogP contribution in [0.3, 0.4) is 0 Å². The largest absolute Gasteiger partial charge is 0.493 e. The van der Waals surface area contributed by atoms with Crippen LogP contribution in [0.25, 0.3) is 0 Å². The van der Waals surface area contributed by atoms with E-state index in [2.05, 4.69) is 59.6 Å². The summed E-state index contributed by atoms with van der Waals surface area (Å²) in [5, 5.41) is 6.84. The smallest absolute Gasteiger partial charge is 0.191 e. The molecule has 0 heterocycles. The van der Waals surface area contributed by atoms with Crippen LogP contribution in [0, 0.1) is 6.92 Å². The molecule has 0 aromatic heterocycles. The molecule has 2 N–H and O–H groups in total. The summed E-state index contributed by atoms with van der Waals surface area (Å²) in [6.45, 7) is 7.25. The summed E-state index contributed by atoms with van der Waals surface area (Å²) in [4.78, 5) is 6.80. The predicted octanol–water partition coefficient (Wildman–Crippen LogP) is 3.18. The van der Waals surface area contributed by atoms with Crippen LogP contribution in [0.5, 0.6) is 5.75 Å². The van der Waals surface area contributed by atoms with Crippen molar-refractivity contribution in [3.8, 4) is 5.75 Å². The summed E-state index contributed by atoms with van der Waals surface area (Å²) < 4.78 is 11.1. The highest BCUT2D eigenvalue weighted by atomic mass is 127. The standard InChI is InChI=1S/C21H36N4O2.HI/c1-16-7-8-18(20(13-16)27-12-6-11-26-5)15-24-21(22-3)23-14-17(2)25(4)19-9-10-19;/h7-8,13,17,19H,6,9-12,14-15H2,1-5H3,(H2,22,23,24);1H. The molecule has 0 spiro atoms. The van der Waals surface area contributed by atoms with Crippen molar-refractivity contribution >= 4 is 29.9 Å². The Morgan fingerprint density at radius 1 is 1.29 bits per heavy atom. The second-order valence-corrected chi connectivity index (χ2v) is 7.36. The van der Waals surface area contributed by atoms with E-state index in [4.69, 9.17) is 9.47 Å². The average molecular weight is 504 g/mol. The van der Waals surface area contributed by atoms with Gasteiger partial charge in [-0.15, -0.1) is 24.0 Å². The number of halogens is 1. The van der Waals surface area contributed by atoms with Gasteiger partial charge in [0.05, 0.1) is 6.61 Å². The van der Waals surface area contributed by atoms with Gasteiger partial charge in [-0.25, -0.2) is 0 Å². The van der Waals surface area contributed by atoms with Crippen LogP contribution >= 0.6 is 24.0 Å². The van der Waals surface area contributed by atoms with Gasteiger partial charge in [0.2, 0.25) is 0 Å². The van der Waals surface area contributed by atoms with Gasteiger partial charge in [-0.1, -0.05) is 12.1 Å². The molecule has 0 radical (unpaired) electrons. The molecule has 0 bridgehead atoms. The van der Waals surface area contributed by atoms with E-state index in [1.807, 2.05) is 7.05 Å². The van der Waals surface area contributed by atoms with Gasteiger partial charge in [-0.2, -0.15) is 0 Å². The third-order valence-electron chi connectivity index (χ3n) is 5.03. The summed E-state index contributed by atoms with van der Waals surface area (Å²) in [7, 11) is 5.73. The molecule has 0 aliphatic heterocycles. The molecular weight excluding hydrogens is 467 g/mol. The van der Waals surface area contributed by atoms with Crippen molar-refractivity contribution in [3.63, 3.8) is 0 Å². The fraction of sp³-hybridized carbons (Fsp3) is 0.667. The van der Waals surface area contributed by atoms with Crippen molar-refractivity contribution in [2.75, 3.05) is 41.0 Å². The molecular formula is C21H37IN4O2. The first kappa shape index (κ1) is 25.0. The van der Waals surface area contributed by atoms with Crippen LogP contribution < -0.4 is 15.4 Å². The van der Waals surface area contributed by atoms with Crippen molar-refractivity contribution in [2.24, 2.45) is 4.99 Å². The number of hydrogen-bond acceptors (Lipinski definition) is 4. The van der Waals surface area contributed by atoms with Crippen molar-refractivity contribution < 1.29 is 9.47 Å². The molecule has 1 saturated carbocycles. The van der Waals surface area contributed by atoms with Gasteiger partial charge in [-0.3, -0.25) is 9.89 Å². The van der Waals surface area contributed by atoms with E-state index in [0.717, 1.165) is 36.3 Å². The molecule has 1 aromatic rings. The minimum absolute atomic E-state index is 0. The minimum Gasteiger partial charge on any atom is -0.493 e. The molecule has 1 unspecified atom stereocenters. The molecule has 160 valence electrons. The number of aliphatic imine (C=N–C) groups is 1. The molecule has 0 saturated heterocycles. The van der Waals surface area contributed by atoms with Crippen molar-refractivity contribution in [2.45, 2.75) is 51.7 Å². The Morgan fingerprint density at radius 2 is 2.04 bits per heavy atom. The highest BCUT2D eigenvalue weighted by molar-refractivity contribution is 14.0. The van der Waals surface area contributed by atoms with Crippen LogP contribution in [0.2, 0.25) is 0 Å². The molecule has 6 nitrogen and oxygen atoms in total. The van der Waals surface area contributed by atoms with Crippen LogP contribution in [-0.4, -0.2) is 63.9 Å². The third kappa shape index (κ3) is 8.53. The van der Waals surface area contributed by atoms with E-state index < -0.39 is 0 Å². The molecule has 1 fully saturated rings. The van der Waals surface area contributed by atoms with Crippen LogP contribution in [-0.2, 0) is 11.3 Å². The maximum absolute atomic E-state index is 5.96. The summed E-state index contributed by atoms with van der Waals surface area (Å²) in [6, 6.07) is 7.57. The van der Waals surface area contributed by atoms with Crippen LogP contribution in [0.1, 0.15) is 37.3 Å².